The molecule has 2 rings (SSSR count). The Morgan fingerprint density at radius 1 is 0.824 bits per heavy atom. The number of azo groups is 1. The minimum Gasteiger partial charge on any atom is -0.497 e. The summed E-state index contributed by atoms with van der Waals surface area (Å²) in [7, 11) is 1.64. The molecule has 0 atom stereocenters. The molecule has 0 aliphatic rings. The van der Waals surface area contributed by atoms with Crippen LogP contribution in [0.4, 0.5) is 11.4 Å². The van der Waals surface area contributed by atoms with Crippen LogP contribution in [-0.2, 0) is 0 Å². The molecule has 86 valence electrons. The van der Waals surface area contributed by atoms with Crippen molar-refractivity contribution in [3.8, 4) is 5.75 Å². The summed E-state index contributed by atoms with van der Waals surface area (Å²) in [6.07, 6.45) is 0. The van der Waals surface area contributed by atoms with Crippen LogP contribution in [0.5, 0.6) is 5.75 Å². The zero-order valence-electron chi connectivity index (χ0n) is 9.30. The lowest BCUT2D eigenvalue weighted by Crippen LogP contribution is -1.79. The first-order valence-electron chi connectivity index (χ1n) is 5.09. The number of ether oxygens (including phenoxy) is 1. The van der Waals surface area contributed by atoms with E-state index in [1.54, 1.807) is 7.11 Å². The number of rotatable bonds is 3. The van der Waals surface area contributed by atoms with Gasteiger partial charge in [-0.05, 0) is 71.1 Å². The Morgan fingerprint density at radius 2 is 1.29 bits per heavy atom. The van der Waals surface area contributed by atoms with E-state index in [2.05, 4.69) is 32.8 Å². The zero-order chi connectivity index (χ0) is 12.1. The van der Waals surface area contributed by atoms with E-state index in [9.17, 15) is 0 Å². The lowest BCUT2D eigenvalue weighted by Gasteiger charge is -1.98. The van der Waals surface area contributed by atoms with Crippen LogP contribution in [0.25, 0.3) is 0 Å². The molecule has 0 saturated heterocycles. The topological polar surface area (TPSA) is 34.0 Å². The third-order valence-corrected chi connectivity index (χ3v) is 2.90. The van der Waals surface area contributed by atoms with E-state index in [4.69, 9.17) is 4.74 Å². The lowest BCUT2D eigenvalue weighted by molar-refractivity contribution is 0.415. The molecule has 0 spiro atoms. The molecular weight excluding hydrogens is 327 g/mol. The molecule has 3 nitrogen and oxygen atoms in total. The van der Waals surface area contributed by atoms with Crippen LogP contribution in [-0.4, -0.2) is 7.11 Å². The second-order valence-corrected chi connectivity index (χ2v) is 4.62. The van der Waals surface area contributed by atoms with E-state index in [-0.39, 0.29) is 0 Å². The molecule has 0 fully saturated rings. The summed E-state index contributed by atoms with van der Waals surface area (Å²) in [4.78, 5) is 0. The maximum Gasteiger partial charge on any atom is 0.119 e. The standard InChI is InChI=1S/C13H11IN2O/c1-17-13-8-6-12(7-9-13)16-15-11-4-2-10(14)3-5-11/h2-9H,1H3. The molecule has 2 aromatic carbocycles. The number of hydrogen-bond acceptors (Lipinski definition) is 3. The highest BCUT2D eigenvalue weighted by Crippen LogP contribution is 2.21. The number of methoxy groups -OCH3 is 1. The predicted molar refractivity (Wildman–Crippen MR) is 76.3 cm³/mol. The van der Waals surface area contributed by atoms with Gasteiger partial charge in [0.25, 0.3) is 0 Å². The fraction of sp³-hybridized carbons (Fsp3) is 0.0769. The van der Waals surface area contributed by atoms with Gasteiger partial charge in [0, 0.05) is 3.57 Å². The van der Waals surface area contributed by atoms with Crippen LogP contribution in [0.2, 0.25) is 0 Å². The van der Waals surface area contributed by atoms with Crippen molar-refractivity contribution in [1.82, 2.24) is 0 Å². The number of benzene rings is 2. The summed E-state index contributed by atoms with van der Waals surface area (Å²) in [6, 6.07) is 15.4. The third kappa shape index (κ3) is 3.52. The van der Waals surface area contributed by atoms with Crippen LogP contribution in [0.3, 0.4) is 0 Å². The summed E-state index contributed by atoms with van der Waals surface area (Å²) >= 11 is 2.26. The first-order valence-corrected chi connectivity index (χ1v) is 6.17. The van der Waals surface area contributed by atoms with E-state index >= 15 is 0 Å². The SMILES string of the molecule is COc1ccc(N=Nc2ccc(I)cc2)cc1. The Hall–Kier alpha value is -1.43. The van der Waals surface area contributed by atoms with Crippen molar-refractivity contribution in [2.24, 2.45) is 10.2 Å². The largest absolute Gasteiger partial charge is 0.497 e. The molecule has 0 unspecified atom stereocenters. The summed E-state index contributed by atoms with van der Waals surface area (Å²) < 4.78 is 6.26. The van der Waals surface area contributed by atoms with Gasteiger partial charge in [-0.3, -0.25) is 0 Å². The van der Waals surface area contributed by atoms with Crippen LogP contribution in [0.15, 0.2) is 58.8 Å². The maximum atomic E-state index is 5.07. The van der Waals surface area contributed by atoms with E-state index in [0.717, 1.165) is 17.1 Å². The molecule has 0 aromatic heterocycles. The molecule has 0 bridgehead atoms. The highest BCUT2D eigenvalue weighted by molar-refractivity contribution is 14.1. The van der Waals surface area contributed by atoms with E-state index in [1.165, 1.54) is 3.57 Å². The summed E-state index contributed by atoms with van der Waals surface area (Å²) in [5.74, 6) is 0.818. The average molecular weight is 338 g/mol. The lowest BCUT2D eigenvalue weighted by atomic mass is 10.3. The monoisotopic (exact) mass is 338 g/mol. The number of halogens is 1. The Balaban J connectivity index is 2.11. The van der Waals surface area contributed by atoms with Crippen LogP contribution in [0.1, 0.15) is 0 Å². The normalized spacial score (nSPS) is 10.7. The molecule has 0 saturated carbocycles. The summed E-state index contributed by atoms with van der Waals surface area (Å²) in [6.45, 7) is 0. The molecule has 0 heterocycles. The smallest absolute Gasteiger partial charge is 0.119 e. The van der Waals surface area contributed by atoms with Crippen molar-refractivity contribution >= 4 is 34.0 Å². The first-order chi connectivity index (χ1) is 8.28. The second kappa shape index (κ2) is 5.77. The minimum atomic E-state index is 0.810. The van der Waals surface area contributed by atoms with Crippen LogP contribution in [0, 0.1) is 3.57 Å². The molecule has 0 N–H and O–H groups in total. The molecule has 0 amide bonds. The Morgan fingerprint density at radius 3 is 1.76 bits per heavy atom. The Labute approximate surface area is 114 Å². The Kier molecular flexibility index (Phi) is 4.08. The maximum absolute atomic E-state index is 5.07. The molecule has 17 heavy (non-hydrogen) atoms. The summed E-state index contributed by atoms with van der Waals surface area (Å²) in [5, 5.41) is 8.30. The fourth-order valence-corrected chi connectivity index (χ4v) is 1.63. The molecule has 4 heteroatoms. The van der Waals surface area contributed by atoms with Gasteiger partial charge < -0.3 is 4.74 Å². The fourth-order valence-electron chi connectivity index (χ4n) is 1.27. The van der Waals surface area contributed by atoms with E-state index in [1.807, 2.05) is 48.5 Å². The molecular formula is C13H11IN2O. The average Bonchev–Trinajstić information content (AvgIpc) is 2.39. The van der Waals surface area contributed by atoms with E-state index in [0.29, 0.717) is 0 Å². The van der Waals surface area contributed by atoms with Gasteiger partial charge in [0.05, 0.1) is 18.5 Å². The van der Waals surface area contributed by atoms with Gasteiger partial charge >= 0.3 is 0 Å². The van der Waals surface area contributed by atoms with Gasteiger partial charge in [0.2, 0.25) is 0 Å². The van der Waals surface area contributed by atoms with Crippen molar-refractivity contribution in [2.45, 2.75) is 0 Å². The van der Waals surface area contributed by atoms with Crippen LogP contribution < -0.4 is 4.74 Å². The molecule has 2 aromatic rings. The molecule has 0 aliphatic heterocycles. The number of nitrogens with zero attached hydrogens (tertiary/aromatic N) is 2. The van der Waals surface area contributed by atoms with Gasteiger partial charge in [0.1, 0.15) is 5.75 Å². The third-order valence-electron chi connectivity index (χ3n) is 2.18. The molecule has 0 aliphatic carbocycles. The highest BCUT2D eigenvalue weighted by Gasteiger charge is 1.93. The van der Waals surface area contributed by atoms with Crippen molar-refractivity contribution in [1.29, 1.82) is 0 Å². The first kappa shape index (κ1) is 12.0. The van der Waals surface area contributed by atoms with Crippen LogP contribution >= 0.6 is 22.6 Å². The number of hydrogen-bond donors (Lipinski definition) is 0. The van der Waals surface area contributed by atoms with Crippen molar-refractivity contribution in [3.63, 3.8) is 0 Å². The summed E-state index contributed by atoms with van der Waals surface area (Å²) in [5.41, 5.74) is 1.66. The van der Waals surface area contributed by atoms with Gasteiger partial charge in [-0.15, -0.1) is 0 Å². The predicted octanol–water partition coefficient (Wildman–Crippen LogP) is 4.72. The Bertz CT molecular complexity index is 506. The van der Waals surface area contributed by atoms with Gasteiger partial charge in [0.15, 0.2) is 0 Å². The van der Waals surface area contributed by atoms with Gasteiger partial charge in [-0.2, -0.15) is 10.2 Å². The van der Waals surface area contributed by atoms with E-state index < -0.39 is 0 Å². The highest BCUT2D eigenvalue weighted by atomic mass is 127. The van der Waals surface area contributed by atoms with Gasteiger partial charge in [-0.1, -0.05) is 0 Å². The van der Waals surface area contributed by atoms with Crippen molar-refractivity contribution in [2.75, 3.05) is 7.11 Å². The molecule has 0 radical (unpaired) electrons. The van der Waals surface area contributed by atoms with Crippen molar-refractivity contribution < 1.29 is 4.74 Å². The minimum absolute atomic E-state index is 0.810. The van der Waals surface area contributed by atoms with Gasteiger partial charge in [-0.25, -0.2) is 0 Å². The second-order valence-electron chi connectivity index (χ2n) is 3.37. The zero-order valence-corrected chi connectivity index (χ0v) is 11.5. The quantitative estimate of drug-likeness (QED) is 0.589. The van der Waals surface area contributed by atoms with Crippen molar-refractivity contribution in [3.05, 3.63) is 52.1 Å².